The van der Waals surface area contributed by atoms with Crippen LogP contribution in [0.1, 0.15) is 58.1 Å². The zero-order valence-corrected chi connectivity index (χ0v) is 11.4. The Kier molecular flexibility index (Phi) is 3.91. The van der Waals surface area contributed by atoms with Crippen molar-refractivity contribution >= 4 is 5.78 Å². The van der Waals surface area contributed by atoms with Crippen LogP contribution < -0.4 is 0 Å². The van der Waals surface area contributed by atoms with Gasteiger partial charge >= 0.3 is 0 Å². The molecule has 1 unspecified atom stereocenters. The molecule has 1 aromatic heterocycles. The van der Waals surface area contributed by atoms with Crippen LogP contribution in [0.15, 0.2) is 23.0 Å². The fourth-order valence-corrected chi connectivity index (χ4v) is 2.67. The number of hydrogen-bond acceptors (Lipinski definition) is 3. The highest BCUT2D eigenvalue weighted by Crippen LogP contribution is 2.41. The molecule has 0 bridgehead atoms. The van der Waals surface area contributed by atoms with Gasteiger partial charge in [0.15, 0.2) is 0 Å². The molecule has 100 valence electrons. The van der Waals surface area contributed by atoms with Crippen LogP contribution >= 0.6 is 0 Å². The van der Waals surface area contributed by atoms with E-state index in [2.05, 4.69) is 13.8 Å². The van der Waals surface area contributed by atoms with Crippen molar-refractivity contribution in [1.82, 2.24) is 0 Å². The van der Waals surface area contributed by atoms with E-state index in [4.69, 9.17) is 9.15 Å². The number of rotatable bonds is 5. The lowest BCUT2D eigenvalue weighted by molar-refractivity contribution is -0.126. The minimum atomic E-state index is -0.298. The van der Waals surface area contributed by atoms with E-state index in [-0.39, 0.29) is 11.7 Å². The minimum absolute atomic E-state index is 0.0839. The number of ether oxygens (including phenoxy) is 1. The molecule has 0 radical (unpaired) electrons. The molecule has 2 heterocycles. The molecular weight excluding hydrogens is 228 g/mol. The maximum atomic E-state index is 11.9. The Hall–Kier alpha value is -1.09. The summed E-state index contributed by atoms with van der Waals surface area (Å²) < 4.78 is 11.1. The third-order valence-electron chi connectivity index (χ3n) is 3.48. The van der Waals surface area contributed by atoms with E-state index in [1.54, 1.807) is 12.5 Å². The van der Waals surface area contributed by atoms with E-state index < -0.39 is 0 Å². The van der Waals surface area contributed by atoms with Gasteiger partial charge in [-0.2, -0.15) is 0 Å². The summed E-state index contributed by atoms with van der Waals surface area (Å²) >= 11 is 0. The molecule has 1 aromatic rings. The first kappa shape index (κ1) is 13.3. The van der Waals surface area contributed by atoms with Crippen LogP contribution in [0.4, 0.5) is 0 Å². The second kappa shape index (κ2) is 5.27. The summed E-state index contributed by atoms with van der Waals surface area (Å²) in [6.45, 7) is 6.19. The zero-order valence-electron chi connectivity index (χ0n) is 11.4. The highest BCUT2D eigenvalue weighted by molar-refractivity contribution is 5.79. The van der Waals surface area contributed by atoms with Crippen molar-refractivity contribution in [3.8, 4) is 0 Å². The smallest absolute Gasteiger partial charge is 0.136 e. The molecule has 0 amide bonds. The first-order valence-electron chi connectivity index (χ1n) is 6.70. The Morgan fingerprint density at radius 2 is 2.33 bits per heavy atom. The van der Waals surface area contributed by atoms with Gasteiger partial charge in [0.05, 0.1) is 24.2 Å². The quantitative estimate of drug-likeness (QED) is 0.795. The molecule has 1 fully saturated rings. The average molecular weight is 250 g/mol. The monoisotopic (exact) mass is 250 g/mol. The fourth-order valence-electron chi connectivity index (χ4n) is 2.67. The van der Waals surface area contributed by atoms with Crippen molar-refractivity contribution in [2.75, 3.05) is 0 Å². The summed E-state index contributed by atoms with van der Waals surface area (Å²) in [7, 11) is 0. The highest BCUT2D eigenvalue weighted by atomic mass is 16.5. The fraction of sp³-hybridized carbons (Fsp3) is 0.667. The largest absolute Gasteiger partial charge is 0.472 e. The molecule has 0 aliphatic carbocycles. The van der Waals surface area contributed by atoms with Gasteiger partial charge in [-0.25, -0.2) is 0 Å². The minimum Gasteiger partial charge on any atom is -0.472 e. The number of furan rings is 1. The second-order valence-corrected chi connectivity index (χ2v) is 5.97. The molecule has 3 heteroatoms. The van der Waals surface area contributed by atoms with Crippen molar-refractivity contribution in [2.45, 2.75) is 58.2 Å². The van der Waals surface area contributed by atoms with Crippen molar-refractivity contribution in [3.63, 3.8) is 0 Å². The van der Waals surface area contributed by atoms with Gasteiger partial charge in [-0.15, -0.1) is 0 Å². The van der Waals surface area contributed by atoms with Crippen LogP contribution in [0, 0.1) is 5.92 Å². The summed E-state index contributed by atoms with van der Waals surface area (Å²) in [4.78, 5) is 11.9. The summed E-state index contributed by atoms with van der Waals surface area (Å²) in [5.41, 5.74) is 0.781. The molecule has 0 spiro atoms. The average Bonchev–Trinajstić information content (AvgIpc) is 2.84. The van der Waals surface area contributed by atoms with Crippen molar-refractivity contribution < 1.29 is 13.9 Å². The first-order valence-corrected chi connectivity index (χ1v) is 6.70. The van der Waals surface area contributed by atoms with Gasteiger partial charge < -0.3 is 9.15 Å². The highest BCUT2D eigenvalue weighted by Gasteiger charge is 2.38. The van der Waals surface area contributed by atoms with E-state index in [0.717, 1.165) is 18.4 Å². The van der Waals surface area contributed by atoms with Crippen LogP contribution in [0.5, 0.6) is 0 Å². The second-order valence-electron chi connectivity index (χ2n) is 5.97. The number of ketones is 1. The number of carbonyl (C=O) groups excluding carboxylic acids is 1. The van der Waals surface area contributed by atoms with E-state index in [9.17, 15) is 4.79 Å². The molecule has 1 aliphatic heterocycles. The van der Waals surface area contributed by atoms with E-state index in [1.807, 2.05) is 13.0 Å². The van der Waals surface area contributed by atoms with Gasteiger partial charge in [-0.3, -0.25) is 4.79 Å². The lowest BCUT2D eigenvalue weighted by atomic mass is 9.92. The van der Waals surface area contributed by atoms with E-state index >= 15 is 0 Å². The summed E-state index contributed by atoms with van der Waals surface area (Å²) in [6, 6.07) is 1.94. The predicted molar refractivity (Wildman–Crippen MR) is 69.3 cm³/mol. The van der Waals surface area contributed by atoms with Gasteiger partial charge in [0.25, 0.3) is 0 Å². The van der Waals surface area contributed by atoms with Gasteiger partial charge in [-0.05, 0) is 31.7 Å². The normalized spacial score (nSPS) is 27.9. The SMILES string of the molecule is CC(C)CC(=O)C[C@@]1(C)CCC(c2ccoc2)O1. The number of hydrogen-bond donors (Lipinski definition) is 0. The van der Waals surface area contributed by atoms with E-state index in [1.165, 1.54) is 0 Å². The molecular formula is C15H22O3. The molecule has 2 atom stereocenters. The number of carbonyl (C=O) groups is 1. The molecule has 0 N–H and O–H groups in total. The molecule has 2 rings (SSSR count). The van der Waals surface area contributed by atoms with Crippen LogP contribution in [-0.2, 0) is 9.53 Å². The van der Waals surface area contributed by atoms with Gasteiger partial charge in [0, 0.05) is 18.4 Å². The third kappa shape index (κ3) is 3.22. The Labute approximate surface area is 109 Å². The molecule has 3 nitrogen and oxygen atoms in total. The van der Waals surface area contributed by atoms with Crippen molar-refractivity contribution in [3.05, 3.63) is 24.2 Å². The standard InChI is InChI=1S/C15H22O3/c1-11(2)8-13(16)9-15(3)6-4-14(18-15)12-5-7-17-10-12/h5,7,10-11,14H,4,6,8-9H2,1-3H3/t14?,15-/m1/s1. The molecule has 0 saturated carbocycles. The Bertz CT molecular complexity index is 394. The molecule has 0 aromatic carbocycles. The summed E-state index contributed by atoms with van der Waals surface area (Å²) in [5, 5.41) is 0. The Morgan fingerprint density at radius 3 is 2.94 bits per heavy atom. The third-order valence-corrected chi connectivity index (χ3v) is 3.48. The molecule has 18 heavy (non-hydrogen) atoms. The summed E-state index contributed by atoms with van der Waals surface area (Å²) in [5.74, 6) is 0.729. The van der Waals surface area contributed by atoms with Gasteiger partial charge in [0.1, 0.15) is 5.78 Å². The maximum Gasteiger partial charge on any atom is 0.136 e. The van der Waals surface area contributed by atoms with Crippen LogP contribution in [0.25, 0.3) is 0 Å². The molecule has 1 aliphatic rings. The van der Waals surface area contributed by atoms with Crippen molar-refractivity contribution in [1.29, 1.82) is 0 Å². The van der Waals surface area contributed by atoms with Crippen molar-refractivity contribution in [2.24, 2.45) is 5.92 Å². The van der Waals surface area contributed by atoms with Crippen LogP contribution in [0.3, 0.4) is 0 Å². The molecule has 1 saturated heterocycles. The Morgan fingerprint density at radius 1 is 1.56 bits per heavy atom. The Balaban J connectivity index is 1.92. The lowest BCUT2D eigenvalue weighted by Crippen LogP contribution is -2.27. The topological polar surface area (TPSA) is 39.4 Å². The lowest BCUT2D eigenvalue weighted by Gasteiger charge is -2.24. The number of Topliss-reactive ketones (excluding diaryl/α,β-unsaturated/α-hetero) is 1. The van der Waals surface area contributed by atoms with Crippen LogP contribution in [-0.4, -0.2) is 11.4 Å². The van der Waals surface area contributed by atoms with Gasteiger partial charge in [-0.1, -0.05) is 13.8 Å². The maximum absolute atomic E-state index is 11.9. The van der Waals surface area contributed by atoms with Crippen LogP contribution in [0.2, 0.25) is 0 Å². The first-order chi connectivity index (χ1) is 8.48. The predicted octanol–water partition coefficient (Wildman–Crippen LogP) is 3.90. The zero-order chi connectivity index (χ0) is 13.2. The van der Waals surface area contributed by atoms with E-state index in [0.29, 0.717) is 24.5 Å². The van der Waals surface area contributed by atoms with Gasteiger partial charge in [0.2, 0.25) is 0 Å². The summed E-state index contributed by atoms with van der Waals surface area (Å²) in [6.07, 6.45) is 6.55.